The zero-order valence-electron chi connectivity index (χ0n) is 10.4. The Morgan fingerprint density at radius 2 is 2.42 bits per heavy atom. The standard InChI is InChI=1S/C11H16IN3O3S/c1-6-5-19-11(13-6)14-10(16)8-4-7(15-18-17)2-3-9(8)12/h5,7-9,15,17H,2-4H2,1H3,(H,13,14,16). The van der Waals surface area contributed by atoms with Crippen molar-refractivity contribution < 1.29 is 15.0 Å². The number of nitrogens with one attached hydrogen (secondary N) is 2. The Morgan fingerprint density at radius 3 is 3.05 bits per heavy atom. The van der Waals surface area contributed by atoms with Gasteiger partial charge in [0, 0.05) is 15.3 Å². The molecule has 19 heavy (non-hydrogen) atoms. The number of carbonyl (C=O) groups excluding carboxylic acids is 1. The van der Waals surface area contributed by atoms with E-state index in [9.17, 15) is 4.79 Å². The van der Waals surface area contributed by atoms with Crippen LogP contribution < -0.4 is 10.8 Å². The van der Waals surface area contributed by atoms with Crippen LogP contribution in [0.4, 0.5) is 5.13 Å². The summed E-state index contributed by atoms with van der Waals surface area (Å²) in [4.78, 5) is 20.5. The van der Waals surface area contributed by atoms with Gasteiger partial charge in [0.05, 0.1) is 11.6 Å². The van der Waals surface area contributed by atoms with Gasteiger partial charge in [-0.25, -0.2) is 10.2 Å². The topological polar surface area (TPSA) is 83.5 Å². The molecule has 0 aliphatic heterocycles. The summed E-state index contributed by atoms with van der Waals surface area (Å²) < 4.78 is 0.287. The van der Waals surface area contributed by atoms with E-state index in [0.29, 0.717) is 11.6 Å². The Kier molecular flexibility index (Phi) is 5.51. The molecule has 1 aliphatic rings. The fourth-order valence-electron chi connectivity index (χ4n) is 2.20. The second kappa shape index (κ2) is 6.93. The van der Waals surface area contributed by atoms with Gasteiger partial charge < -0.3 is 5.32 Å². The molecule has 106 valence electrons. The number of aromatic nitrogens is 1. The fourth-order valence-corrected chi connectivity index (χ4v) is 3.87. The lowest BCUT2D eigenvalue weighted by molar-refractivity contribution is -0.301. The van der Waals surface area contributed by atoms with Crippen molar-refractivity contribution in [2.75, 3.05) is 5.32 Å². The maximum atomic E-state index is 12.3. The number of halogens is 1. The Bertz CT molecular complexity index is 443. The highest BCUT2D eigenvalue weighted by Crippen LogP contribution is 2.32. The maximum Gasteiger partial charge on any atom is 0.230 e. The lowest BCUT2D eigenvalue weighted by atomic mass is 9.85. The molecule has 0 saturated heterocycles. The zero-order valence-corrected chi connectivity index (χ0v) is 13.4. The van der Waals surface area contributed by atoms with Crippen LogP contribution in [0, 0.1) is 12.8 Å². The first kappa shape index (κ1) is 15.1. The molecule has 0 aromatic carbocycles. The molecule has 1 aromatic rings. The van der Waals surface area contributed by atoms with Crippen LogP contribution in [0.25, 0.3) is 0 Å². The summed E-state index contributed by atoms with van der Waals surface area (Å²) >= 11 is 3.74. The molecule has 0 bridgehead atoms. The van der Waals surface area contributed by atoms with Crippen molar-refractivity contribution in [2.45, 2.75) is 36.2 Å². The number of hydrogen-bond acceptors (Lipinski definition) is 6. The third-order valence-corrected chi connectivity index (χ3v) is 5.54. The van der Waals surface area contributed by atoms with E-state index in [2.05, 4.69) is 43.4 Å². The molecule has 1 amide bonds. The van der Waals surface area contributed by atoms with Gasteiger partial charge in [0.25, 0.3) is 0 Å². The highest BCUT2D eigenvalue weighted by molar-refractivity contribution is 14.1. The molecular formula is C11H16IN3O3S. The number of thiazole rings is 1. The summed E-state index contributed by atoms with van der Waals surface area (Å²) in [5.74, 6) is -0.121. The lowest BCUT2D eigenvalue weighted by Crippen LogP contribution is -2.42. The molecule has 0 spiro atoms. The SMILES string of the molecule is Cc1csc(NC(=O)C2CC(NOO)CCC2I)n1. The third kappa shape index (κ3) is 4.09. The van der Waals surface area contributed by atoms with Crippen molar-refractivity contribution in [3.8, 4) is 0 Å². The van der Waals surface area contributed by atoms with Gasteiger partial charge >= 0.3 is 0 Å². The van der Waals surface area contributed by atoms with Gasteiger partial charge in [-0.05, 0) is 26.2 Å². The molecule has 1 fully saturated rings. The Balaban J connectivity index is 1.96. The molecule has 3 atom stereocenters. The van der Waals surface area contributed by atoms with E-state index in [1.165, 1.54) is 11.3 Å². The van der Waals surface area contributed by atoms with Crippen LogP contribution in [0.1, 0.15) is 25.0 Å². The van der Waals surface area contributed by atoms with E-state index < -0.39 is 0 Å². The number of rotatable bonds is 4. The van der Waals surface area contributed by atoms with Gasteiger partial charge in [-0.1, -0.05) is 22.6 Å². The van der Waals surface area contributed by atoms with Crippen molar-refractivity contribution in [1.82, 2.24) is 10.5 Å². The number of hydrogen-bond donors (Lipinski definition) is 3. The molecule has 1 aliphatic carbocycles. The predicted octanol–water partition coefficient (Wildman–Crippen LogP) is 2.36. The Hall–Kier alpha value is -0.290. The first-order chi connectivity index (χ1) is 9.10. The van der Waals surface area contributed by atoms with E-state index in [1.54, 1.807) is 0 Å². The molecule has 3 unspecified atom stereocenters. The number of aryl methyl sites for hydroxylation is 1. The molecule has 2 rings (SSSR count). The number of amides is 1. The summed E-state index contributed by atoms with van der Waals surface area (Å²) in [5, 5.41) is 13.8. The summed E-state index contributed by atoms with van der Waals surface area (Å²) in [5.41, 5.74) is 3.42. The monoisotopic (exact) mass is 397 g/mol. The molecule has 1 heterocycles. The van der Waals surface area contributed by atoms with Gasteiger partial charge in [-0.15, -0.1) is 16.3 Å². The Morgan fingerprint density at radius 1 is 1.63 bits per heavy atom. The molecule has 0 radical (unpaired) electrons. The summed E-state index contributed by atoms with van der Waals surface area (Å²) in [7, 11) is 0. The average molecular weight is 397 g/mol. The number of anilines is 1. The largest absolute Gasteiger partial charge is 0.302 e. The molecule has 1 saturated carbocycles. The van der Waals surface area contributed by atoms with Gasteiger partial charge in [-0.3, -0.25) is 4.79 Å². The summed E-state index contributed by atoms with van der Waals surface area (Å²) in [6, 6.07) is 0.00444. The van der Waals surface area contributed by atoms with Gasteiger partial charge in [0.1, 0.15) is 0 Å². The van der Waals surface area contributed by atoms with E-state index >= 15 is 0 Å². The minimum atomic E-state index is -0.105. The first-order valence-corrected chi connectivity index (χ1v) is 8.15. The van der Waals surface area contributed by atoms with Crippen LogP contribution >= 0.6 is 33.9 Å². The summed E-state index contributed by atoms with van der Waals surface area (Å²) in [6.07, 6.45) is 2.44. The van der Waals surface area contributed by atoms with Gasteiger partial charge in [0.2, 0.25) is 5.91 Å². The minimum Gasteiger partial charge on any atom is -0.302 e. The van der Waals surface area contributed by atoms with Gasteiger partial charge in [0.15, 0.2) is 5.13 Å². The quantitative estimate of drug-likeness (QED) is 0.315. The second-order valence-corrected chi connectivity index (χ2v) is 7.08. The van der Waals surface area contributed by atoms with E-state index in [-0.39, 0.29) is 21.8 Å². The highest BCUT2D eigenvalue weighted by atomic mass is 127. The summed E-state index contributed by atoms with van der Waals surface area (Å²) in [6.45, 7) is 1.90. The van der Waals surface area contributed by atoms with Crippen molar-refractivity contribution in [3.63, 3.8) is 0 Å². The molecule has 8 heteroatoms. The first-order valence-electron chi connectivity index (χ1n) is 6.03. The average Bonchev–Trinajstić information content (AvgIpc) is 2.77. The normalized spacial score (nSPS) is 27.2. The molecule has 3 N–H and O–H groups in total. The van der Waals surface area contributed by atoms with E-state index in [1.807, 2.05) is 12.3 Å². The van der Waals surface area contributed by atoms with Crippen molar-refractivity contribution >= 4 is 45.0 Å². The highest BCUT2D eigenvalue weighted by Gasteiger charge is 2.34. The van der Waals surface area contributed by atoms with Crippen LogP contribution in [0.2, 0.25) is 0 Å². The zero-order chi connectivity index (χ0) is 13.8. The van der Waals surface area contributed by atoms with E-state index in [4.69, 9.17) is 5.26 Å². The van der Waals surface area contributed by atoms with Crippen molar-refractivity contribution in [1.29, 1.82) is 0 Å². The maximum absolute atomic E-state index is 12.3. The predicted molar refractivity (Wildman–Crippen MR) is 81.3 cm³/mol. The molecule has 1 aromatic heterocycles. The third-order valence-electron chi connectivity index (χ3n) is 3.17. The second-order valence-electron chi connectivity index (χ2n) is 4.62. The van der Waals surface area contributed by atoms with Crippen LogP contribution in [0.15, 0.2) is 5.38 Å². The van der Waals surface area contributed by atoms with Crippen LogP contribution in [-0.4, -0.2) is 26.1 Å². The number of carbonyl (C=O) groups is 1. The van der Waals surface area contributed by atoms with Gasteiger partial charge in [-0.2, -0.15) is 5.48 Å². The van der Waals surface area contributed by atoms with Crippen LogP contribution in [-0.2, 0) is 9.78 Å². The van der Waals surface area contributed by atoms with E-state index in [0.717, 1.165) is 18.5 Å². The number of hydroxylamine groups is 1. The van der Waals surface area contributed by atoms with Crippen LogP contribution in [0.5, 0.6) is 0 Å². The molecular weight excluding hydrogens is 381 g/mol. The van der Waals surface area contributed by atoms with Crippen LogP contribution in [0.3, 0.4) is 0 Å². The fraction of sp³-hybridized carbons (Fsp3) is 0.636. The van der Waals surface area contributed by atoms with Crippen molar-refractivity contribution in [2.24, 2.45) is 5.92 Å². The van der Waals surface area contributed by atoms with Crippen molar-refractivity contribution in [3.05, 3.63) is 11.1 Å². The number of nitrogens with zero attached hydrogens (tertiary/aromatic N) is 1. The minimum absolute atomic E-state index is 0.00444. The molecule has 6 nitrogen and oxygen atoms in total. The Labute approximate surface area is 129 Å². The number of alkyl halides is 1. The lowest BCUT2D eigenvalue weighted by Gasteiger charge is -2.31. The smallest absolute Gasteiger partial charge is 0.230 e.